The van der Waals surface area contributed by atoms with Gasteiger partial charge in [0, 0.05) is 14.7 Å². The van der Waals surface area contributed by atoms with Gasteiger partial charge in [-0.25, -0.2) is 22.1 Å². The van der Waals surface area contributed by atoms with Crippen molar-refractivity contribution >= 4 is 58.1 Å². The van der Waals surface area contributed by atoms with Gasteiger partial charge in [-0.3, -0.25) is 0 Å². The fourth-order valence-electron chi connectivity index (χ4n) is 1.78. The molecule has 0 spiro atoms. The van der Waals surface area contributed by atoms with Gasteiger partial charge in [0.2, 0.25) is 10.0 Å². The molecule has 1 aromatic rings. The lowest BCUT2D eigenvalue weighted by molar-refractivity contribution is 0.156. The van der Waals surface area contributed by atoms with Crippen molar-refractivity contribution in [1.82, 2.24) is 4.98 Å². The van der Waals surface area contributed by atoms with Crippen LogP contribution in [0.4, 0.5) is 10.2 Å². The smallest absolute Gasteiger partial charge is 0.238 e. The summed E-state index contributed by atoms with van der Waals surface area (Å²) in [7, 11) is -4.93. The fraction of sp³-hybridized carbons (Fsp3) is 0.643. The topological polar surface area (TPSA) is 59.5 Å². The number of anilines is 1. The maximum Gasteiger partial charge on any atom is 0.238 e. The van der Waals surface area contributed by atoms with Crippen LogP contribution >= 0.6 is 34.2 Å². The molecule has 0 unspecified atom stereocenters. The maximum atomic E-state index is 13.6. The summed E-state index contributed by atoms with van der Waals surface area (Å²) in [5.74, 6) is -0.642. The summed E-state index contributed by atoms with van der Waals surface area (Å²) < 4.78 is 45.4. The molecule has 10 heteroatoms. The Kier molecular flexibility index (Phi) is 8.37. The molecule has 0 radical (unpaired) electrons. The van der Waals surface area contributed by atoms with Gasteiger partial charge >= 0.3 is 0 Å². The standard InChI is InChI=1S/C14H23ClFIN2O3SSi/c1-5-7-23(20,21)19(10-22-6-8-24(2,3)4)14-12(15)13(17)11(16)9-18-14/h9H,5-8,10H2,1-4H3. The number of aromatic nitrogens is 1. The first kappa shape index (κ1) is 22.1. The Hall–Kier alpha value is 0.0269. The van der Waals surface area contributed by atoms with E-state index in [4.69, 9.17) is 16.3 Å². The zero-order chi connectivity index (χ0) is 18.5. The van der Waals surface area contributed by atoms with Gasteiger partial charge in [0.15, 0.2) is 11.6 Å². The maximum absolute atomic E-state index is 13.6. The van der Waals surface area contributed by atoms with E-state index in [0.717, 1.165) is 16.5 Å². The van der Waals surface area contributed by atoms with Gasteiger partial charge in [-0.05, 0) is 35.1 Å². The van der Waals surface area contributed by atoms with E-state index in [-0.39, 0.29) is 26.9 Å². The van der Waals surface area contributed by atoms with Crippen LogP contribution in [-0.4, -0.2) is 40.6 Å². The van der Waals surface area contributed by atoms with Crippen LogP contribution in [0.3, 0.4) is 0 Å². The number of sulfonamides is 1. The number of nitrogens with zero attached hydrogens (tertiary/aromatic N) is 2. The molecule has 138 valence electrons. The fourth-order valence-corrected chi connectivity index (χ4v) is 4.58. The van der Waals surface area contributed by atoms with Crippen molar-refractivity contribution < 1.29 is 17.5 Å². The Bertz CT molecular complexity index is 671. The van der Waals surface area contributed by atoms with Gasteiger partial charge in [-0.2, -0.15) is 0 Å². The minimum absolute atomic E-state index is 0.00363. The Morgan fingerprint density at radius 1 is 1.42 bits per heavy atom. The van der Waals surface area contributed by atoms with E-state index in [9.17, 15) is 12.8 Å². The second-order valence-electron chi connectivity index (χ2n) is 6.57. The number of ether oxygens (including phenoxy) is 1. The summed E-state index contributed by atoms with van der Waals surface area (Å²) in [6.45, 7) is 8.68. The van der Waals surface area contributed by atoms with Gasteiger partial charge in [0.1, 0.15) is 11.8 Å². The van der Waals surface area contributed by atoms with Crippen LogP contribution in [0.25, 0.3) is 0 Å². The molecule has 0 atom stereocenters. The highest BCUT2D eigenvalue weighted by Gasteiger charge is 2.27. The first-order valence-corrected chi connectivity index (χ1v) is 14.3. The highest BCUT2D eigenvalue weighted by atomic mass is 127. The van der Waals surface area contributed by atoms with Crippen molar-refractivity contribution in [3.05, 3.63) is 20.6 Å². The molecule has 5 nitrogen and oxygen atoms in total. The summed E-state index contributed by atoms with van der Waals surface area (Å²) in [4.78, 5) is 3.88. The second-order valence-corrected chi connectivity index (χ2v) is 15.7. The minimum atomic E-state index is -3.65. The Morgan fingerprint density at radius 3 is 2.58 bits per heavy atom. The molecule has 0 aromatic carbocycles. The minimum Gasteiger partial charge on any atom is -0.360 e. The van der Waals surface area contributed by atoms with Gasteiger partial charge in [-0.15, -0.1) is 0 Å². The average Bonchev–Trinajstić information content (AvgIpc) is 2.45. The van der Waals surface area contributed by atoms with Crippen molar-refractivity contribution in [3.63, 3.8) is 0 Å². The molecule has 24 heavy (non-hydrogen) atoms. The van der Waals surface area contributed by atoms with E-state index in [1.54, 1.807) is 29.5 Å². The summed E-state index contributed by atoms with van der Waals surface area (Å²) in [6.07, 6.45) is 1.42. The Balaban J connectivity index is 3.05. The molecule has 0 amide bonds. The number of hydrogen-bond donors (Lipinski definition) is 0. The largest absolute Gasteiger partial charge is 0.360 e. The molecule has 0 saturated heterocycles. The van der Waals surface area contributed by atoms with Crippen LogP contribution in [0.5, 0.6) is 0 Å². The van der Waals surface area contributed by atoms with Crippen LogP contribution in [0.15, 0.2) is 6.20 Å². The van der Waals surface area contributed by atoms with E-state index >= 15 is 0 Å². The van der Waals surface area contributed by atoms with E-state index in [2.05, 4.69) is 24.6 Å². The molecule has 1 rings (SSSR count). The quantitative estimate of drug-likeness (QED) is 0.215. The summed E-state index contributed by atoms with van der Waals surface area (Å²) in [5.41, 5.74) is 0. The normalized spacial score (nSPS) is 12.5. The molecule has 0 aliphatic carbocycles. The monoisotopic (exact) mass is 508 g/mol. The van der Waals surface area contributed by atoms with Crippen LogP contribution < -0.4 is 4.31 Å². The highest BCUT2D eigenvalue weighted by molar-refractivity contribution is 14.1. The lowest BCUT2D eigenvalue weighted by Gasteiger charge is -2.25. The van der Waals surface area contributed by atoms with E-state index in [1.165, 1.54) is 0 Å². The van der Waals surface area contributed by atoms with Crippen LogP contribution in [0, 0.1) is 9.39 Å². The average molecular weight is 509 g/mol. The van der Waals surface area contributed by atoms with Crippen molar-refractivity contribution in [2.24, 2.45) is 0 Å². The third-order valence-electron chi connectivity index (χ3n) is 3.14. The molecule has 1 aromatic heterocycles. The first-order chi connectivity index (χ1) is 11.0. The Morgan fingerprint density at radius 2 is 2.04 bits per heavy atom. The summed E-state index contributed by atoms with van der Waals surface area (Å²) in [6, 6.07) is 0.913. The SMILES string of the molecule is CCCS(=O)(=O)N(COCC[Si](C)(C)C)c1ncc(F)c(I)c1Cl. The van der Waals surface area contributed by atoms with Gasteiger partial charge < -0.3 is 4.74 Å². The van der Waals surface area contributed by atoms with Crippen LogP contribution in [0.1, 0.15) is 13.3 Å². The molecule has 0 bridgehead atoms. The number of pyridine rings is 1. The third-order valence-corrected chi connectivity index (χ3v) is 8.45. The van der Waals surface area contributed by atoms with Crippen molar-refractivity contribution in [1.29, 1.82) is 0 Å². The van der Waals surface area contributed by atoms with E-state index in [1.807, 2.05) is 0 Å². The molecule has 0 aliphatic rings. The predicted octanol–water partition coefficient (Wildman–Crippen LogP) is 4.34. The molecule has 0 aliphatic heterocycles. The van der Waals surface area contributed by atoms with Crippen molar-refractivity contribution in [2.45, 2.75) is 39.0 Å². The first-order valence-electron chi connectivity index (χ1n) is 7.57. The van der Waals surface area contributed by atoms with E-state index in [0.29, 0.717) is 13.0 Å². The number of halogens is 3. The molecular weight excluding hydrogens is 486 g/mol. The van der Waals surface area contributed by atoms with Crippen molar-refractivity contribution in [3.8, 4) is 0 Å². The van der Waals surface area contributed by atoms with Crippen LogP contribution in [-0.2, 0) is 14.8 Å². The lowest BCUT2D eigenvalue weighted by Crippen LogP contribution is -2.36. The summed E-state index contributed by atoms with van der Waals surface area (Å²) in [5, 5.41) is -0.0240. The van der Waals surface area contributed by atoms with Gasteiger partial charge in [-0.1, -0.05) is 38.2 Å². The highest BCUT2D eigenvalue weighted by Crippen LogP contribution is 2.31. The molecule has 0 saturated carbocycles. The molecular formula is C14H23ClFIN2O3SSi. The van der Waals surface area contributed by atoms with Gasteiger partial charge in [0.25, 0.3) is 0 Å². The summed E-state index contributed by atoms with van der Waals surface area (Å²) >= 11 is 7.85. The second kappa shape index (κ2) is 9.11. The number of hydrogen-bond acceptors (Lipinski definition) is 4. The predicted molar refractivity (Wildman–Crippen MR) is 107 cm³/mol. The van der Waals surface area contributed by atoms with Crippen LogP contribution in [0.2, 0.25) is 30.7 Å². The number of rotatable bonds is 9. The van der Waals surface area contributed by atoms with E-state index < -0.39 is 23.9 Å². The lowest BCUT2D eigenvalue weighted by atomic mass is 10.4. The molecule has 0 N–H and O–H groups in total. The van der Waals surface area contributed by atoms with Gasteiger partial charge in [0.05, 0.1) is 15.5 Å². The molecule has 1 heterocycles. The van der Waals surface area contributed by atoms with Crippen molar-refractivity contribution in [2.75, 3.05) is 23.4 Å². The Labute approximate surface area is 163 Å². The third kappa shape index (κ3) is 6.39. The molecule has 0 fully saturated rings. The zero-order valence-corrected chi connectivity index (χ0v) is 19.0. The zero-order valence-electron chi connectivity index (χ0n) is 14.3.